The van der Waals surface area contributed by atoms with E-state index >= 15 is 0 Å². The molecule has 0 fully saturated rings. The van der Waals surface area contributed by atoms with Crippen molar-refractivity contribution in [2.24, 2.45) is 12.0 Å². The Hall–Kier alpha value is -3.94. The number of hydrogen-bond donors (Lipinski definition) is 2. The van der Waals surface area contributed by atoms with Crippen LogP contribution in [0.5, 0.6) is 0 Å². The van der Waals surface area contributed by atoms with Gasteiger partial charge in [0, 0.05) is 14.1 Å². The number of aromatic nitrogens is 5. The van der Waals surface area contributed by atoms with Crippen LogP contribution in [0.3, 0.4) is 0 Å². The molecule has 2 heterocycles. The summed E-state index contributed by atoms with van der Waals surface area (Å²) in [4.78, 5) is 14.9. The molecule has 0 bridgehead atoms. The minimum atomic E-state index is 0.530. The summed E-state index contributed by atoms with van der Waals surface area (Å²) in [5.74, 6) is 3.37. The van der Waals surface area contributed by atoms with Gasteiger partial charge in [-0.15, -0.1) is 10.2 Å². The molecule has 0 radical (unpaired) electrons. The molecule has 0 aliphatic rings. The molecule has 0 atom stereocenters. The summed E-state index contributed by atoms with van der Waals surface area (Å²) in [5, 5.41) is 11.8. The normalized spacial score (nSPS) is 11.5. The van der Waals surface area contributed by atoms with Crippen molar-refractivity contribution in [3.8, 4) is 11.3 Å². The van der Waals surface area contributed by atoms with Crippen LogP contribution in [0.1, 0.15) is 23.0 Å². The van der Waals surface area contributed by atoms with E-state index in [1.54, 1.807) is 0 Å². The lowest BCUT2D eigenvalue weighted by atomic mass is 10.2. The molecule has 8 heteroatoms. The van der Waals surface area contributed by atoms with E-state index in [0.29, 0.717) is 19.6 Å². The SMILES string of the molecule is Cc1nnc(CNC(=NCc2ccccc2)N(C)Cc2ncc(-c3ccccc3)[nH]2)n1C. The Bertz CT molecular complexity index is 1160. The van der Waals surface area contributed by atoms with Crippen LogP contribution in [-0.4, -0.2) is 42.6 Å². The Labute approximate surface area is 188 Å². The monoisotopic (exact) mass is 428 g/mol. The zero-order chi connectivity index (χ0) is 22.3. The van der Waals surface area contributed by atoms with Crippen LogP contribution in [0.25, 0.3) is 11.3 Å². The van der Waals surface area contributed by atoms with E-state index < -0.39 is 0 Å². The van der Waals surface area contributed by atoms with Crippen molar-refractivity contribution in [1.29, 1.82) is 0 Å². The summed E-state index contributed by atoms with van der Waals surface area (Å²) in [6.45, 7) is 3.64. The molecule has 0 unspecified atom stereocenters. The summed E-state index contributed by atoms with van der Waals surface area (Å²) >= 11 is 0. The zero-order valence-electron chi connectivity index (χ0n) is 18.7. The van der Waals surface area contributed by atoms with Crippen molar-refractivity contribution in [2.45, 2.75) is 26.6 Å². The number of guanidine groups is 1. The molecule has 2 aromatic carbocycles. The highest BCUT2D eigenvalue weighted by atomic mass is 15.3. The van der Waals surface area contributed by atoms with E-state index in [-0.39, 0.29) is 0 Å². The van der Waals surface area contributed by atoms with E-state index in [0.717, 1.165) is 40.3 Å². The molecular weight excluding hydrogens is 400 g/mol. The molecule has 32 heavy (non-hydrogen) atoms. The summed E-state index contributed by atoms with van der Waals surface area (Å²) in [6.07, 6.45) is 1.87. The molecule has 8 nitrogen and oxygen atoms in total. The van der Waals surface area contributed by atoms with Gasteiger partial charge in [0.2, 0.25) is 0 Å². The third-order valence-electron chi connectivity index (χ3n) is 5.30. The van der Waals surface area contributed by atoms with Crippen molar-refractivity contribution in [1.82, 2.24) is 34.9 Å². The highest BCUT2D eigenvalue weighted by Crippen LogP contribution is 2.16. The van der Waals surface area contributed by atoms with Gasteiger partial charge in [0.05, 0.1) is 31.5 Å². The Morgan fingerprint density at radius 3 is 2.47 bits per heavy atom. The third kappa shape index (κ3) is 5.21. The molecule has 164 valence electrons. The smallest absolute Gasteiger partial charge is 0.194 e. The third-order valence-corrected chi connectivity index (χ3v) is 5.30. The number of H-pyrrole nitrogens is 1. The molecule has 0 saturated heterocycles. The minimum Gasteiger partial charge on any atom is -0.349 e. The maximum atomic E-state index is 4.84. The van der Waals surface area contributed by atoms with Crippen molar-refractivity contribution in [3.63, 3.8) is 0 Å². The van der Waals surface area contributed by atoms with Gasteiger partial charge < -0.3 is 19.8 Å². The van der Waals surface area contributed by atoms with Gasteiger partial charge >= 0.3 is 0 Å². The average molecular weight is 429 g/mol. The van der Waals surface area contributed by atoms with Gasteiger partial charge in [-0.2, -0.15) is 0 Å². The number of nitrogens with one attached hydrogen (secondary N) is 2. The Balaban J connectivity index is 1.49. The fraction of sp³-hybridized carbons (Fsp3) is 0.250. The second-order valence-electron chi connectivity index (χ2n) is 7.67. The molecule has 0 saturated carbocycles. The predicted octanol–water partition coefficient (Wildman–Crippen LogP) is 3.29. The van der Waals surface area contributed by atoms with E-state index in [4.69, 9.17) is 4.99 Å². The summed E-state index contributed by atoms with van der Waals surface area (Å²) in [6, 6.07) is 20.4. The lowest BCUT2D eigenvalue weighted by Crippen LogP contribution is -2.39. The minimum absolute atomic E-state index is 0.530. The van der Waals surface area contributed by atoms with E-state index in [2.05, 4.69) is 54.6 Å². The first-order valence-electron chi connectivity index (χ1n) is 10.6. The van der Waals surface area contributed by atoms with Crippen LogP contribution in [0, 0.1) is 6.92 Å². The molecule has 2 aromatic heterocycles. The molecule has 4 rings (SSSR count). The second-order valence-corrected chi connectivity index (χ2v) is 7.67. The van der Waals surface area contributed by atoms with Crippen LogP contribution >= 0.6 is 0 Å². The predicted molar refractivity (Wildman–Crippen MR) is 126 cm³/mol. The second kappa shape index (κ2) is 9.91. The molecule has 4 aromatic rings. The Kier molecular flexibility index (Phi) is 6.60. The van der Waals surface area contributed by atoms with Gasteiger partial charge in [0.1, 0.15) is 11.6 Å². The largest absolute Gasteiger partial charge is 0.349 e. The summed E-state index contributed by atoms with van der Waals surface area (Å²) < 4.78 is 1.97. The topological polar surface area (TPSA) is 87.0 Å². The number of aromatic amines is 1. The average Bonchev–Trinajstić information content (AvgIpc) is 3.42. The van der Waals surface area contributed by atoms with Gasteiger partial charge in [-0.25, -0.2) is 9.98 Å². The van der Waals surface area contributed by atoms with Gasteiger partial charge in [-0.1, -0.05) is 60.7 Å². The maximum absolute atomic E-state index is 4.84. The molecule has 0 spiro atoms. The standard InChI is InChI=1S/C24H28N8/c1-18-29-30-23(32(18)3)16-27-24(26-14-19-10-6-4-7-11-19)31(2)17-22-25-15-21(28-22)20-12-8-5-9-13-20/h4-13,15H,14,16-17H2,1-3H3,(H,25,28)(H,26,27). The first kappa shape index (κ1) is 21.3. The molecular formula is C24H28N8. The van der Waals surface area contributed by atoms with E-state index in [1.165, 1.54) is 0 Å². The number of rotatable bonds is 7. The zero-order valence-corrected chi connectivity index (χ0v) is 18.7. The first-order valence-corrected chi connectivity index (χ1v) is 10.6. The highest BCUT2D eigenvalue weighted by Gasteiger charge is 2.12. The molecule has 0 aliphatic carbocycles. The van der Waals surface area contributed by atoms with Crippen molar-refractivity contribution in [3.05, 3.63) is 89.9 Å². The van der Waals surface area contributed by atoms with E-state index in [1.807, 2.05) is 68.2 Å². The van der Waals surface area contributed by atoms with Crippen LogP contribution in [0.4, 0.5) is 0 Å². The number of benzene rings is 2. The van der Waals surface area contributed by atoms with Crippen LogP contribution < -0.4 is 5.32 Å². The molecule has 0 aliphatic heterocycles. The van der Waals surface area contributed by atoms with Gasteiger partial charge in [-0.05, 0) is 18.1 Å². The Morgan fingerprint density at radius 1 is 1.06 bits per heavy atom. The highest BCUT2D eigenvalue weighted by molar-refractivity contribution is 5.79. The summed E-state index contributed by atoms with van der Waals surface area (Å²) in [5.41, 5.74) is 3.26. The van der Waals surface area contributed by atoms with Crippen molar-refractivity contribution >= 4 is 5.96 Å². The number of aryl methyl sites for hydroxylation is 1. The molecule has 0 amide bonds. The van der Waals surface area contributed by atoms with Crippen LogP contribution in [0.15, 0.2) is 71.9 Å². The van der Waals surface area contributed by atoms with Crippen molar-refractivity contribution in [2.75, 3.05) is 7.05 Å². The lowest BCUT2D eigenvalue weighted by molar-refractivity contribution is 0.460. The number of nitrogens with zero attached hydrogens (tertiary/aromatic N) is 6. The van der Waals surface area contributed by atoms with Crippen LogP contribution in [-0.2, 0) is 26.7 Å². The maximum Gasteiger partial charge on any atom is 0.194 e. The Morgan fingerprint density at radius 2 is 1.78 bits per heavy atom. The van der Waals surface area contributed by atoms with Gasteiger partial charge in [0.25, 0.3) is 0 Å². The first-order chi connectivity index (χ1) is 15.6. The number of hydrogen-bond acceptors (Lipinski definition) is 4. The lowest BCUT2D eigenvalue weighted by Gasteiger charge is -2.21. The van der Waals surface area contributed by atoms with Crippen LogP contribution in [0.2, 0.25) is 0 Å². The number of imidazole rings is 1. The van der Waals surface area contributed by atoms with E-state index in [9.17, 15) is 0 Å². The summed E-state index contributed by atoms with van der Waals surface area (Å²) in [7, 11) is 3.97. The number of aliphatic imine (C=N–C) groups is 1. The van der Waals surface area contributed by atoms with Gasteiger partial charge in [-0.3, -0.25) is 0 Å². The fourth-order valence-corrected chi connectivity index (χ4v) is 3.33. The molecule has 2 N–H and O–H groups in total. The fourth-order valence-electron chi connectivity index (χ4n) is 3.33. The van der Waals surface area contributed by atoms with Gasteiger partial charge in [0.15, 0.2) is 11.8 Å². The quantitative estimate of drug-likeness (QED) is 0.348. The van der Waals surface area contributed by atoms with Crippen molar-refractivity contribution < 1.29 is 0 Å².